The highest BCUT2D eigenvalue weighted by atomic mass is 35.5. The van der Waals surface area contributed by atoms with Gasteiger partial charge in [0.1, 0.15) is 5.75 Å². The number of ether oxygens (including phenoxy) is 1. The lowest BCUT2D eigenvalue weighted by molar-refractivity contribution is 0.410. The van der Waals surface area contributed by atoms with Crippen LogP contribution < -0.4 is 10.1 Å². The fraction of sp³-hybridized carbons (Fsp3) is 0.625. The van der Waals surface area contributed by atoms with E-state index in [-0.39, 0.29) is 0 Å². The summed E-state index contributed by atoms with van der Waals surface area (Å²) in [6.45, 7) is 1.17. The average Bonchev–Trinajstić information content (AvgIpc) is 3.14. The minimum absolute atomic E-state index is 0.664. The van der Waals surface area contributed by atoms with Crippen LogP contribution in [0.1, 0.15) is 43.6 Å². The molecule has 2 aliphatic carbocycles. The third-order valence-electron chi connectivity index (χ3n) is 4.51. The van der Waals surface area contributed by atoms with E-state index in [0.717, 1.165) is 17.7 Å². The van der Waals surface area contributed by atoms with Crippen LogP contribution in [-0.4, -0.2) is 19.7 Å². The number of halogens is 1. The highest BCUT2D eigenvalue weighted by molar-refractivity contribution is 6.32. The summed E-state index contributed by atoms with van der Waals surface area (Å²) in [5.41, 5.74) is 1.39. The Kier molecular flexibility index (Phi) is 3.99. The summed E-state index contributed by atoms with van der Waals surface area (Å²) >= 11 is 6.11. The topological polar surface area (TPSA) is 21.3 Å². The molecule has 2 aliphatic rings. The molecule has 2 unspecified atom stereocenters. The number of methoxy groups -OCH3 is 1. The summed E-state index contributed by atoms with van der Waals surface area (Å²) in [7, 11) is 1.69. The molecule has 0 bridgehead atoms. The number of rotatable bonds is 5. The third kappa shape index (κ3) is 3.06. The standard InChI is InChI=1S/C16H22ClNO/c1-19-16-9-11(5-8-15(16)17)14-4-2-3-12(14)10-18-13-6-7-13/h5,8-9,12-14,18H,2-4,6-7,10H2,1H3. The van der Waals surface area contributed by atoms with E-state index in [1.165, 1.54) is 44.2 Å². The lowest BCUT2D eigenvalue weighted by Crippen LogP contribution is -2.26. The predicted molar refractivity (Wildman–Crippen MR) is 79.1 cm³/mol. The van der Waals surface area contributed by atoms with Gasteiger partial charge in [0.2, 0.25) is 0 Å². The van der Waals surface area contributed by atoms with E-state index in [4.69, 9.17) is 16.3 Å². The van der Waals surface area contributed by atoms with E-state index in [9.17, 15) is 0 Å². The van der Waals surface area contributed by atoms with Gasteiger partial charge >= 0.3 is 0 Å². The van der Waals surface area contributed by atoms with Crippen molar-refractivity contribution < 1.29 is 4.74 Å². The minimum atomic E-state index is 0.664. The Morgan fingerprint density at radius 3 is 2.84 bits per heavy atom. The number of nitrogens with one attached hydrogen (secondary N) is 1. The molecule has 0 aliphatic heterocycles. The Bertz CT molecular complexity index is 444. The van der Waals surface area contributed by atoms with Crippen molar-refractivity contribution in [2.45, 2.75) is 44.1 Å². The van der Waals surface area contributed by atoms with Crippen molar-refractivity contribution in [3.05, 3.63) is 28.8 Å². The van der Waals surface area contributed by atoms with Gasteiger partial charge in [-0.05, 0) is 61.8 Å². The van der Waals surface area contributed by atoms with Gasteiger partial charge in [-0.1, -0.05) is 24.1 Å². The van der Waals surface area contributed by atoms with Gasteiger partial charge in [-0.15, -0.1) is 0 Å². The van der Waals surface area contributed by atoms with Crippen LogP contribution in [0.2, 0.25) is 5.02 Å². The first-order valence-corrected chi connectivity index (χ1v) is 7.72. The SMILES string of the molecule is COc1cc(C2CCCC2CNC2CC2)ccc1Cl. The molecule has 1 aromatic carbocycles. The van der Waals surface area contributed by atoms with Crippen LogP contribution in [0.15, 0.2) is 18.2 Å². The summed E-state index contributed by atoms with van der Waals surface area (Å²) in [6.07, 6.45) is 6.71. The zero-order chi connectivity index (χ0) is 13.2. The molecule has 19 heavy (non-hydrogen) atoms. The lowest BCUT2D eigenvalue weighted by Gasteiger charge is -2.21. The fourth-order valence-corrected chi connectivity index (χ4v) is 3.43. The van der Waals surface area contributed by atoms with Gasteiger partial charge in [-0.25, -0.2) is 0 Å². The highest BCUT2D eigenvalue weighted by Crippen LogP contribution is 2.41. The van der Waals surface area contributed by atoms with Gasteiger partial charge in [-0.3, -0.25) is 0 Å². The van der Waals surface area contributed by atoms with Gasteiger partial charge in [0, 0.05) is 6.04 Å². The normalized spacial score (nSPS) is 26.6. The Balaban J connectivity index is 1.71. The lowest BCUT2D eigenvalue weighted by atomic mass is 9.88. The molecule has 1 aromatic rings. The quantitative estimate of drug-likeness (QED) is 0.880. The molecule has 2 atom stereocenters. The van der Waals surface area contributed by atoms with E-state index in [2.05, 4.69) is 17.4 Å². The van der Waals surface area contributed by atoms with E-state index in [1.807, 2.05) is 6.07 Å². The first-order valence-electron chi connectivity index (χ1n) is 7.34. The Morgan fingerprint density at radius 2 is 2.11 bits per heavy atom. The van der Waals surface area contributed by atoms with E-state index in [1.54, 1.807) is 7.11 Å². The van der Waals surface area contributed by atoms with E-state index < -0.39 is 0 Å². The second-order valence-electron chi connectivity index (χ2n) is 5.87. The minimum Gasteiger partial charge on any atom is -0.495 e. The van der Waals surface area contributed by atoms with Crippen LogP contribution >= 0.6 is 11.6 Å². The van der Waals surface area contributed by atoms with Gasteiger partial charge in [0.25, 0.3) is 0 Å². The molecule has 2 nitrogen and oxygen atoms in total. The molecular weight excluding hydrogens is 258 g/mol. The second-order valence-corrected chi connectivity index (χ2v) is 6.28. The van der Waals surface area contributed by atoms with Crippen molar-refractivity contribution >= 4 is 11.6 Å². The van der Waals surface area contributed by atoms with Gasteiger partial charge in [0.15, 0.2) is 0 Å². The van der Waals surface area contributed by atoms with Crippen LogP contribution in [-0.2, 0) is 0 Å². The van der Waals surface area contributed by atoms with Crippen LogP contribution in [0.4, 0.5) is 0 Å². The largest absolute Gasteiger partial charge is 0.495 e. The van der Waals surface area contributed by atoms with Crippen molar-refractivity contribution in [2.24, 2.45) is 5.92 Å². The number of hydrogen-bond donors (Lipinski definition) is 1. The molecule has 0 saturated heterocycles. The summed E-state index contributed by atoms with van der Waals surface area (Å²) < 4.78 is 5.34. The number of benzene rings is 1. The maximum atomic E-state index is 6.11. The highest BCUT2D eigenvalue weighted by Gasteiger charge is 2.30. The molecule has 3 rings (SSSR count). The van der Waals surface area contributed by atoms with Crippen LogP contribution in [0, 0.1) is 5.92 Å². The summed E-state index contributed by atoms with van der Waals surface area (Å²) in [4.78, 5) is 0. The summed E-state index contributed by atoms with van der Waals surface area (Å²) in [5.74, 6) is 2.24. The zero-order valence-electron chi connectivity index (χ0n) is 11.5. The molecule has 0 radical (unpaired) electrons. The van der Waals surface area contributed by atoms with Crippen molar-refractivity contribution in [3.8, 4) is 5.75 Å². The van der Waals surface area contributed by atoms with Gasteiger partial charge in [0.05, 0.1) is 12.1 Å². The molecule has 0 heterocycles. The van der Waals surface area contributed by atoms with Crippen molar-refractivity contribution in [1.82, 2.24) is 5.32 Å². The molecule has 1 N–H and O–H groups in total. The summed E-state index contributed by atoms with van der Waals surface area (Å²) in [6, 6.07) is 7.08. The van der Waals surface area contributed by atoms with E-state index >= 15 is 0 Å². The molecule has 104 valence electrons. The second kappa shape index (κ2) is 5.72. The monoisotopic (exact) mass is 279 g/mol. The van der Waals surface area contributed by atoms with Gasteiger partial charge < -0.3 is 10.1 Å². The summed E-state index contributed by atoms with van der Waals surface area (Å²) in [5, 5.41) is 4.39. The van der Waals surface area contributed by atoms with Crippen LogP contribution in [0.5, 0.6) is 5.75 Å². The molecule has 0 aromatic heterocycles. The average molecular weight is 280 g/mol. The number of hydrogen-bond acceptors (Lipinski definition) is 2. The molecule has 3 heteroatoms. The molecule has 2 fully saturated rings. The van der Waals surface area contributed by atoms with Gasteiger partial charge in [-0.2, -0.15) is 0 Å². The van der Waals surface area contributed by atoms with Crippen LogP contribution in [0.3, 0.4) is 0 Å². The third-order valence-corrected chi connectivity index (χ3v) is 4.82. The van der Waals surface area contributed by atoms with Crippen molar-refractivity contribution in [1.29, 1.82) is 0 Å². The first-order chi connectivity index (χ1) is 9.28. The van der Waals surface area contributed by atoms with Crippen LogP contribution in [0.25, 0.3) is 0 Å². The zero-order valence-corrected chi connectivity index (χ0v) is 12.2. The Hall–Kier alpha value is -0.730. The predicted octanol–water partition coefficient (Wildman–Crippen LogP) is 3.98. The first kappa shape index (κ1) is 13.3. The maximum absolute atomic E-state index is 6.11. The fourth-order valence-electron chi connectivity index (χ4n) is 3.23. The van der Waals surface area contributed by atoms with E-state index in [0.29, 0.717) is 10.9 Å². The Labute approximate surface area is 120 Å². The molecule has 2 saturated carbocycles. The molecular formula is C16H22ClNO. The molecule has 0 spiro atoms. The molecule has 0 amide bonds. The van der Waals surface area contributed by atoms with Crippen molar-refractivity contribution in [3.63, 3.8) is 0 Å². The maximum Gasteiger partial charge on any atom is 0.137 e. The smallest absolute Gasteiger partial charge is 0.137 e. The van der Waals surface area contributed by atoms with Crippen molar-refractivity contribution in [2.75, 3.05) is 13.7 Å². The Morgan fingerprint density at radius 1 is 1.26 bits per heavy atom.